The second-order valence-electron chi connectivity index (χ2n) is 13.4. The molecule has 276 valence electrons. The van der Waals surface area contributed by atoms with Crippen molar-refractivity contribution in [2.75, 3.05) is 11.9 Å². The molecule has 2 N–H and O–H groups in total. The van der Waals surface area contributed by atoms with Crippen LogP contribution in [0.3, 0.4) is 0 Å². The predicted molar refractivity (Wildman–Crippen MR) is 209 cm³/mol. The molecule has 0 aliphatic rings. The number of nitrogens with zero attached hydrogens (tertiary/aromatic N) is 1. The topological polar surface area (TPSA) is 115 Å². The maximum Gasteiger partial charge on any atom is 0.335 e. The van der Waals surface area contributed by atoms with Gasteiger partial charge < -0.3 is 15.2 Å². The van der Waals surface area contributed by atoms with Crippen molar-refractivity contribution in [3.8, 4) is 16.9 Å². The Bertz CT molecular complexity index is 1820. The number of halogens is 1. The van der Waals surface area contributed by atoms with E-state index < -0.39 is 23.5 Å². The smallest absolute Gasteiger partial charge is 0.335 e. The molecule has 4 rings (SSSR count). The number of carboxylic acids is 1. The number of aromatic nitrogens is 1. The fourth-order valence-corrected chi connectivity index (χ4v) is 6.52. The molecule has 4 aromatic rings. The van der Waals surface area contributed by atoms with Crippen molar-refractivity contribution in [3.63, 3.8) is 0 Å². The number of rotatable bonds is 22. The predicted octanol–water partition coefficient (Wildman–Crippen LogP) is 10.6. The van der Waals surface area contributed by atoms with Crippen LogP contribution >= 0.6 is 11.6 Å². The van der Waals surface area contributed by atoms with Crippen LogP contribution in [0, 0.1) is 0 Å². The van der Waals surface area contributed by atoms with Crippen molar-refractivity contribution in [3.05, 3.63) is 117 Å². The van der Waals surface area contributed by atoms with Gasteiger partial charge in [0.05, 0.1) is 18.4 Å². The minimum atomic E-state index is -1.07. The monoisotopic (exact) mass is 726 g/mol. The molecule has 0 bridgehead atoms. The summed E-state index contributed by atoms with van der Waals surface area (Å²) >= 11 is 6.40. The molecule has 0 spiro atoms. The fraction of sp³-hybridized carbons (Fsp3) is 0.395. The number of hydrogen-bond acceptors (Lipinski definition) is 5. The average molecular weight is 727 g/mol. The van der Waals surface area contributed by atoms with Crippen LogP contribution in [0.25, 0.3) is 11.1 Å². The third kappa shape index (κ3) is 12.2. The number of nitrogens with one attached hydrogen (secondary N) is 1. The Morgan fingerprint density at radius 1 is 0.788 bits per heavy atom. The molecule has 0 aliphatic heterocycles. The van der Waals surface area contributed by atoms with Crippen molar-refractivity contribution < 1.29 is 24.2 Å². The van der Waals surface area contributed by atoms with Gasteiger partial charge in [-0.05, 0) is 66.9 Å². The van der Waals surface area contributed by atoms with Gasteiger partial charge in [0.1, 0.15) is 11.8 Å². The average Bonchev–Trinajstić information content (AvgIpc) is 3.13. The molecule has 3 aromatic carbocycles. The molecular formula is C43H51ClN2O6. The Morgan fingerprint density at radius 3 is 2.00 bits per heavy atom. The lowest BCUT2D eigenvalue weighted by molar-refractivity contribution is -0.119. The van der Waals surface area contributed by atoms with Gasteiger partial charge in [0.15, 0.2) is 5.78 Å². The summed E-state index contributed by atoms with van der Waals surface area (Å²) in [5.74, 6) is -1.35. The summed E-state index contributed by atoms with van der Waals surface area (Å²) in [4.78, 5) is 51.9. The van der Waals surface area contributed by atoms with Crippen LogP contribution in [0.1, 0.15) is 123 Å². The first-order valence-corrected chi connectivity index (χ1v) is 18.9. The lowest BCUT2D eigenvalue weighted by atomic mass is 9.97. The van der Waals surface area contributed by atoms with Crippen LogP contribution in [-0.2, 0) is 11.2 Å². The van der Waals surface area contributed by atoms with E-state index in [1.807, 2.05) is 30.3 Å². The quantitative estimate of drug-likeness (QED) is 0.0615. The number of Topliss-reactive ketones (excluding diaryl/α,β-unsaturated/α-hetero) is 1. The number of amides is 1. The SMILES string of the molecule is CCCCCCCCCCCCCCOc1cn([C@H](Cc2ccccc2)C(=O)Nc2ccc(C(=O)O)cc2)c(=O)cc1-c1cc(Cl)ccc1C(C)=O. The molecular weight excluding hydrogens is 676 g/mol. The van der Waals surface area contributed by atoms with Gasteiger partial charge >= 0.3 is 5.97 Å². The van der Waals surface area contributed by atoms with Crippen LogP contribution < -0.4 is 15.6 Å². The first kappa shape index (κ1) is 40.1. The molecule has 1 atom stereocenters. The van der Waals surface area contributed by atoms with Gasteiger partial charge in [-0.2, -0.15) is 0 Å². The van der Waals surface area contributed by atoms with Crippen molar-refractivity contribution in [1.82, 2.24) is 4.57 Å². The lowest BCUT2D eigenvalue weighted by Gasteiger charge is -2.22. The highest BCUT2D eigenvalue weighted by Crippen LogP contribution is 2.35. The van der Waals surface area contributed by atoms with Crippen LogP contribution in [0.15, 0.2) is 89.9 Å². The normalized spacial score (nSPS) is 11.6. The first-order chi connectivity index (χ1) is 25.2. The fourth-order valence-electron chi connectivity index (χ4n) is 6.35. The molecule has 0 saturated carbocycles. The molecule has 0 radical (unpaired) electrons. The van der Waals surface area contributed by atoms with E-state index in [0.717, 1.165) is 24.8 Å². The summed E-state index contributed by atoms with van der Waals surface area (Å²) in [5, 5.41) is 12.6. The summed E-state index contributed by atoms with van der Waals surface area (Å²) < 4.78 is 7.75. The Labute approximate surface area is 312 Å². The Morgan fingerprint density at radius 2 is 1.40 bits per heavy atom. The van der Waals surface area contributed by atoms with E-state index in [9.17, 15) is 24.3 Å². The summed E-state index contributed by atoms with van der Waals surface area (Å²) in [6, 6.07) is 20.6. The second kappa shape index (κ2) is 21.0. The highest BCUT2D eigenvalue weighted by molar-refractivity contribution is 6.31. The summed E-state index contributed by atoms with van der Waals surface area (Å²) in [6.07, 6.45) is 16.3. The number of ketones is 1. The number of carbonyl (C=O) groups is 3. The molecule has 0 aliphatic carbocycles. The molecule has 0 fully saturated rings. The minimum absolute atomic E-state index is 0.0894. The number of anilines is 1. The van der Waals surface area contributed by atoms with Gasteiger partial charge in [-0.25, -0.2) is 4.79 Å². The van der Waals surface area contributed by atoms with Gasteiger partial charge in [-0.15, -0.1) is 0 Å². The van der Waals surface area contributed by atoms with E-state index in [0.29, 0.717) is 39.8 Å². The Balaban J connectivity index is 1.57. The van der Waals surface area contributed by atoms with Crippen LogP contribution in [0.2, 0.25) is 5.02 Å². The second-order valence-corrected chi connectivity index (χ2v) is 13.8. The molecule has 0 unspecified atom stereocenters. The van der Waals surface area contributed by atoms with E-state index >= 15 is 0 Å². The molecule has 9 heteroatoms. The molecule has 52 heavy (non-hydrogen) atoms. The first-order valence-electron chi connectivity index (χ1n) is 18.6. The molecule has 1 aromatic heterocycles. The number of pyridine rings is 1. The van der Waals surface area contributed by atoms with Crippen LogP contribution in [0.5, 0.6) is 5.75 Å². The number of carbonyl (C=O) groups excluding carboxylic acids is 2. The van der Waals surface area contributed by atoms with E-state index in [1.54, 1.807) is 24.4 Å². The third-order valence-electron chi connectivity index (χ3n) is 9.26. The highest BCUT2D eigenvalue weighted by atomic mass is 35.5. The molecule has 8 nitrogen and oxygen atoms in total. The van der Waals surface area contributed by atoms with Gasteiger partial charge in [-0.3, -0.25) is 19.0 Å². The number of ether oxygens (including phenoxy) is 1. The van der Waals surface area contributed by atoms with E-state index in [-0.39, 0.29) is 17.8 Å². The van der Waals surface area contributed by atoms with E-state index in [1.165, 1.54) is 99.6 Å². The van der Waals surface area contributed by atoms with Crippen molar-refractivity contribution in [2.45, 2.75) is 103 Å². The zero-order valence-corrected chi connectivity index (χ0v) is 31.1. The largest absolute Gasteiger partial charge is 0.491 e. The van der Waals surface area contributed by atoms with Gasteiger partial charge in [0.2, 0.25) is 5.91 Å². The molecule has 1 amide bonds. The molecule has 0 saturated heterocycles. The van der Waals surface area contributed by atoms with Crippen molar-refractivity contribution in [1.29, 1.82) is 0 Å². The Kier molecular flexibility index (Phi) is 16.2. The van der Waals surface area contributed by atoms with E-state index in [4.69, 9.17) is 16.3 Å². The standard InChI is InChI=1S/C43H51ClN2O6/c1-3-4-5-6-7-8-9-10-11-12-13-17-26-52-40-30-46(41(48)29-38(40)37-28-34(44)22-25-36(37)31(2)47)39(27-32-18-15-14-16-19-32)42(49)45-35-23-20-33(21-24-35)43(50)51/h14-16,18-25,28-30,39H,3-13,17,26-27H2,1-2H3,(H,45,49)(H,50,51)/t39-/m1/s1. The molecule has 1 heterocycles. The number of carboxylic acid groups (broad SMARTS) is 1. The maximum atomic E-state index is 14.0. The lowest BCUT2D eigenvalue weighted by Crippen LogP contribution is -2.34. The summed E-state index contributed by atoms with van der Waals surface area (Å²) in [6.45, 7) is 4.10. The van der Waals surface area contributed by atoms with Crippen LogP contribution in [0.4, 0.5) is 5.69 Å². The number of hydrogen-bond donors (Lipinski definition) is 2. The Hall–Kier alpha value is -4.69. The van der Waals surface area contributed by atoms with Crippen LogP contribution in [-0.4, -0.2) is 33.9 Å². The van der Waals surface area contributed by atoms with Crippen molar-refractivity contribution in [2.24, 2.45) is 0 Å². The summed E-state index contributed by atoms with van der Waals surface area (Å²) in [5.41, 5.74) is 2.18. The van der Waals surface area contributed by atoms with Gasteiger partial charge in [0.25, 0.3) is 5.56 Å². The van der Waals surface area contributed by atoms with Gasteiger partial charge in [-0.1, -0.05) is 119 Å². The number of unbranched alkanes of at least 4 members (excludes halogenated alkanes) is 11. The van der Waals surface area contributed by atoms with E-state index in [2.05, 4.69) is 12.2 Å². The van der Waals surface area contributed by atoms with Gasteiger partial charge in [0, 0.05) is 34.3 Å². The highest BCUT2D eigenvalue weighted by Gasteiger charge is 2.25. The summed E-state index contributed by atoms with van der Waals surface area (Å²) in [7, 11) is 0. The third-order valence-corrected chi connectivity index (χ3v) is 9.50. The number of aromatic carboxylic acids is 1. The zero-order chi connectivity index (χ0) is 37.3. The number of benzene rings is 3. The minimum Gasteiger partial charge on any atom is -0.491 e. The van der Waals surface area contributed by atoms with Crippen molar-refractivity contribution >= 4 is 34.9 Å². The zero-order valence-electron chi connectivity index (χ0n) is 30.4. The maximum absolute atomic E-state index is 14.0.